The fourth-order valence-electron chi connectivity index (χ4n) is 2.63. The number of hydrogen-bond acceptors (Lipinski definition) is 3. The molecule has 0 saturated carbocycles. The number of aryl methyl sites for hydroxylation is 1. The number of piperidine rings is 1. The summed E-state index contributed by atoms with van der Waals surface area (Å²) < 4.78 is 0. The maximum atomic E-state index is 6.27. The molecular weight excluding hydrogens is 281 g/mol. The van der Waals surface area contributed by atoms with Crippen LogP contribution in [0.25, 0.3) is 0 Å². The number of rotatable bonds is 4. The summed E-state index contributed by atoms with van der Waals surface area (Å²) in [4.78, 5) is 6.70. The summed E-state index contributed by atoms with van der Waals surface area (Å²) in [5.74, 6) is 0.795. The number of halogens is 2. The first-order valence-electron chi connectivity index (χ1n) is 6.78. The van der Waals surface area contributed by atoms with Crippen molar-refractivity contribution in [1.29, 1.82) is 0 Å². The summed E-state index contributed by atoms with van der Waals surface area (Å²) in [7, 11) is 2.02. The van der Waals surface area contributed by atoms with Crippen LogP contribution in [0.3, 0.4) is 0 Å². The molecule has 1 N–H and O–H groups in total. The third kappa shape index (κ3) is 4.06. The Kier molecular flexibility index (Phi) is 5.46. The molecule has 1 aliphatic heterocycles. The first kappa shape index (κ1) is 15.0. The summed E-state index contributed by atoms with van der Waals surface area (Å²) in [6.45, 7) is 6.03. The second-order valence-electron chi connectivity index (χ2n) is 5.29. The molecule has 0 atom stereocenters. The van der Waals surface area contributed by atoms with E-state index in [9.17, 15) is 0 Å². The minimum Gasteiger partial charge on any atom is -0.319 e. The van der Waals surface area contributed by atoms with Gasteiger partial charge in [-0.2, -0.15) is 0 Å². The second kappa shape index (κ2) is 6.89. The van der Waals surface area contributed by atoms with Crippen LogP contribution in [0, 0.1) is 12.8 Å². The lowest BCUT2D eigenvalue weighted by atomic mass is 9.96. The topological polar surface area (TPSA) is 28.2 Å². The van der Waals surface area contributed by atoms with Crippen molar-refractivity contribution in [2.24, 2.45) is 5.92 Å². The molecule has 0 aliphatic carbocycles. The van der Waals surface area contributed by atoms with Crippen molar-refractivity contribution in [3.63, 3.8) is 0 Å². The minimum atomic E-state index is 0.544. The van der Waals surface area contributed by atoms with Crippen LogP contribution in [0.4, 0.5) is 0 Å². The van der Waals surface area contributed by atoms with E-state index in [-0.39, 0.29) is 0 Å². The normalized spacial score (nSPS) is 17.9. The van der Waals surface area contributed by atoms with Gasteiger partial charge in [-0.15, -0.1) is 0 Å². The molecule has 0 unspecified atom stereocenters. The van der Waals surface area contributed by atoms with Crippen LogP contribution < -0.4 is 5.32 Å². The molecule has 5 heteroatoms. The molecule has 0 spiro atoms. The zero-order valence-electron chi connectivity index (χ0n) is 11.5. The van der Waals surface area contributed by atoms with Crippen molar-refractivity contribution >= 4 is 23.2 Å². The van der Waals surface area contributed by atoms with E-state index < -0.39 is 0 Å². The highest BCUT2D eigenvalue weighted by Gasteiger charge is 2.20. The number of likely N-dealkylation sites (tertiary alicyclic amines) is 1. The first-order valence-corrected chi connectivity index (χ1v) is 7.54. The molecule has 1 saturated heterocycles. The van der Waals surface area contributed by atoms with Crippen LogP contribution >= 0.6 is 23.2 Å². The van der Waals surface area contributed by atoms with Gasteiger partial charge >= 0.3 is 0 Å². The zero-order valence-corrected chi connectivity index (χ0v) is 13.1. The molecule has 2 rings (SSSR count). The van der Waals surface area contributed by atoms with E-state index >= 15 is 0 Å². The van der Waals surface area contributed by atoms with Gasteiger partial charge in [-0.05, 0) is 58.4 Å². The van der Waals surface area contributed by atoms with E-state index in [4.69, 9.17) is 23.2 Å². The maximum Gasteiger partial charge on any atom is 0.135 e. The van der Waals surface area contributed by atoms with E-state index in [1.165, 1.54) is 12.8 Å². The van der Waals surface area contributed by atoms with Crippen molar-refractivity contribution in [2.45, 2.75) is 26.3 Å². The molecule has 0 bridgehead atoms. The van der Waals surface area contributed by atoms with Gasteiger partial charge in [0.05, 0.1) is 0 Å². The maximum absolute atomic E-state index is 6.27. The molecular formula is C14H21Cl2N3. The third-order valence-electron chi connectivity index (χ3n) is 3.73. The number of aromatic nitrogens is 1. The van der Waals surface area contributed by atoms with Crippen LogP contribution in [0.2, 0.25) is 10.2 Å². The first-order chi connectivity index (χ1) is 9.10. The van der Waals surface area contributed by atoms with Gasteiger partial charge in [0.25, 0.3) is 0 Å². The summed E-state index contributed by atoms with van der Waals surface area (Å²) in [5, 5.41) is 4.53. The van der Waals surface area contributed by atoms with Crippen molar-refractivity contribution in [2.75, 3.05) is 26.7 Å². The number of hydrogen-bond donors (Lipinski definition) is 1. The SMILES string of the molecule is CNCC1CCN(Cc2c(Cl)cc(C)nc2Cl)CC1. The summed E-state index contributed by atoms with van der Waals surface area (Å²) in [5.41, 5.74) is 1.83. The fraction of sp³-hybridized carbons (Fsp3) is 0.643. The van der Waals surface area contributed by atoms with E-state index in [0.717, 1.165) is 48.4 Å². The van der Waals surface area contributed by atoms with E-state index in [1.54, 1.807) is 0 Å². The van der Waals surface area contributed by atoms with Gasteiger partial charge in [-0.1, -0.05) is 23.2 Å². The Balaban J connectivity index is 1.96. The Morgan fingerprint density at radius 3 is 2.63 bits per heavy atom. The highest BCUT2D eigenvalue weighted by molar-refractivity contribution is 6.35. The summed E-state index contributed by atoms with van der Waals surface area (Å²) in [6.07, 6.45) is 2.46. The van der Waals surface area contributed by atoms with Crippen LogP contribution in [-0.4, -0.2) is 36.6 Å². The predicted molar refractivity (Wildman–Crippen MR) is 80.9 cm³/mol. The number of nitrogens with zero attached hydrogens (tertiary/aromatic N) is 2. The largest absolute Gasteiger partial charge is 0.319 e. The fourth-order valence-corrected chi connectivity index (χ4v) is 3.28. The minimum absolute atomic E-state index is 0.544. The molecule has 3 nitrogen and oxygen atoms in total. The van der Waals surface area contributed by atoms with Gasteiger partial charge in [0.1, 0.15) is 5.15 Å². The molecule has 0 aromatic carbocycles. The molecule has 1 aromatic rings. The van der Waals surface area contributed by atoms with Crippen molar-refractivity contribution in [3.8, 4) is 0 Å². The van der Waals surface area contributed by atoms with E-state index in [1.807, 2.05) is 20.0 Å². The van der Waals surface area contributed by atoms with Crippen LogP contribution in [-0.2, 0) is 6.54 Å². The van der Waals surface area contributed by atoms with Crippen LogP contribution in [0.15, 0.2) is 6.07 Å². The van der Waals surface area contributed by atoms with Crippen LogP contribution in [0.1, 0.15) is 24.1 Å². The predicted octanol–water partition coefficient (Wildman–Crippen LogP) is 3.13. The highest BCUT2D eigenvalue weighted by atomic mass is 35.5. The second-order valence-corrected chi connectivity index (χ2v) is 6.06. The smallest absolute Gasteiger partial charge is 0.135 e. The van der Waals surface area contributed by atoms with Gasteiger partial charge in [0.2, 0.25) is 0 Å². The average Bonchev–Trinajstić information content (AvgIpc) is 2.36. The molecule has 1 fully saturated rings. The van der Waals surface area contributed by atoms with Gasteiger partial charge in [-0.25, -0.2) is 4.98 Å². The van der Waals surface area contributed by atoms with Gasteiger partial charge in [-0.3, -0.25) is 4.90 Å². The lowest BCUT2D eigenvalue weighted by Gasteiger charge is -2.32. The number of pyridine rings is 1. The van der Waals surface area contributed by atoms with Gasteiger partial charge in [0, 0.05) is 22.8 Å². The summed E-state index contributed by atoms with van der Waals surface area (Å²) >= 11 is 12.5. The lowest BCUT2D eigenvalue weighted by Crippen LogP contribution is -2.36. The van der Waals surface area contributed by atoms with Gasteiger partial charge < -0.3 is 5.32 Å². The Labute approximate surface area is 125 Å². The molecule has 19 heavy (non-hydrogen) atoms. The van der Waals surface area contributed by atoms with Crippen molar-refractivity contribution < 1.29 is 0 Å². The third-order valence-corrected chi connectivity index (χ3v) is 4.38. The Hall–Kier alpha value is -0.350. The lowest BCUT2D eigenvalue weighted by molar-refractivity contribution is 0.176. The highest BCUT2D eigenvalue weighted by Crippen LogP contribution is 2.27. The quantitative estimate of drug-likeness (QED) is 0.866. The molecule has 1 aromatic heterocycles. The summed E-state index contributed by atoms with van der Waals surface area (Å²) in [6, 6.07) is 1.89. The van der Waals surface area contributed by atoms with Crippen molar-refractivity contribution in [1.82, 2.24) is 15.2 Å². The molecule has 0 radical (unpaired) electrons. The van der Waals surface area contributed by atoms with Crippen molar-refractivity contribution in [3.05, 3.63) is 27.5 Å². The van der Waals surface area contributed by atoms with Gasteiger partial charge in [0.15, 0.2) is 0 Å². The monoisotopic (exact) mass is 301 g/mol. The van der Waals surface area contributed by atoms with E-state index in [0.29, 0.717) is 5.15 Å². The Bertz CT molecular complexity index is 406. The molecule has 1 aliphatic rings. The molecule has 0 amide bonds. The van der Waals surface area contributed by atoms with E-state index in [2.05, 4.69) is 15.2 Å². The standard InChI is InChI=1S/C14H21Cl2N3/c1-10-7-13(15)12(14(16)18-10)9-19-5-3-11(4-6-19)8-17-2/h7,11,17H,3-6,8-9H2,1-2H3. The number of nitrogens with one attached hydrogen (secondary N) is 1. The zero-order chi connectivity index (χ0) is 13.8. The molecule has 2 heterocycles. The average molecular weight is 302 g/mol. The molecule has 106 valence electrons. The Morgan fingerprint density at radius 1 is 1.37 bits per heavy atom. The van der Waals surface area contributed by atoms with Crippen LogP contribution in [0.5, 0.6) is 0 Å². The Morgan fingerprint density at radius 2 is 2.05 bits per heavy atom.